The molecule has 2 amide bonds. The molecule has 0 saturated heterocycles. The van der Waals surface area contributed by atoms with Gasteiger partial charge in [0.1, 0.15) is 6.04 Å². The maximum atomic E-state index is 12.1. The molecule has 21 heavy (non-hydrogen) atoms. The van der Waals surface area contributed by atoms with Gasteiger partial charge in [-0.1, -0.05) is 30.3 Å². The topological polar surface area (TPSA) is 75.4 Å². The molecule has 2 atom stereocenters. The molecule has 0 fully saturated rings. The Labute approximate surface area is 126 Å². The molecule has 0 aliphatic heterocycles. The summed E-state index contributed by atoms with van der Waals surface area (Å²) in [7, 11) is 0. The maximum absolute atomic E-state index is 12.1. The van der Waals surface area contributed by atoms with Gasteiger partial charge in [-0.25, -0.2) is 0 Å². The first-order valence-electron chi connectivity index (χ1n) is 7.38. The first kappa shape index (κ1) is 17.2. The minimum absolute atomic E-state index is 0.0831. The van der Waals surface area contributed by atoms with Gasteiger partial charge in [-0.15, -0.1) is 0 Å². The minimum atomic E-state index is -0.653. The SMILES string of the molecule is CCN(CC)C(=O)C(C)NC(=O)[C@@H](N)Cc1ccccc1. The zero-order valence-electron chi connectivity index (χ0n) is 13.0. The number of carbonyl (C=O) groups is 2. The Morgan fingerprint density at radius 1 is 1.19 bits per heavy atom. The van der Waals surface area contributed by atoms with Gasteiger partial charge in [-0.05, 0) is 32.8 Å². The van der Waals surface area contributed by atoms with Crippen molar-refractivity contribution in [3.05, 3.63) is 35.9 Å². The predicted molar refractivity (Wildman–Crippen MR) is 83.7 cm³/mol. The first-order chi connectivity index (χ1) is 9.99. The fourth-order valence-corrected chi connectivity index (χ4v) is 2.15. The molecule has 5 heteroatoms. The highest BCUT2D eigenvalue weighted by Crippen LogP contribution is 2.02. The zero-order chi connectivity index (χ0) is 15.8. The molecule has 116 valence electrons. The quantitative estimate of drug-likeness (QED) is 0.784. The van der Waals surface area contributed by atoms with Crippen molar-refractivity contribution in [2.45, 2.75) is 39.3 Å². The Balaban J connectivity index is 2.53. The van der Waals surface area contributed by atoms with Gasteiger partial charge in [0.15, 0.2) is 0 Å². The summed E-state index contributed by atoms with van der Waals surface area (Å²) in [5.74, 6) is -0.382. The highest BCUT2D eigenvalue weighted by Gasteiger charge is 2.22. The van der Waals surface area contributed by atoms with Crippen LogP contribution in [-0.4, -0.2) is 41.9 Å². The summed E-state index contributed by atoms with van der Waals surface area (Å²) in [4.78, 5) is 25.8. The molecule has 0 bridgehead atoms. The third-order valence-corrected chi connectivity index (χ3v) is 3.44. The Morgan fingerprint density at radius 2 is 1.76 bits per heavy atom. The van der Waals surface area contributed by atoms with E-state index in [-0.39, 0.29) is 11.8 Å². The fraction of sp³-hybridized carbons (Fsp3) is 0.500. The largest absolute Gasteiger partial charge is 0.343 e. The standard InChI is InChI=1S/C16H25N3O2/c1-4-19(5-2)16(21)12(3)18-15(20)14(17)11-13-9-7-6-8-10-13/h6-10,12,14H,4-5,11,17H2,1-3H3,(H,18,20)/t12?,14-/m0/s1. The number of carbonyl (C=O) groups excluding carboxylic acids is 2. The van der Waals surface area contributed by atoms with Gasteiger partial charge < -0.3 is 16.0 Å². The van der Waals surface area contributed by atoms with E-state index in [0.29, 0.717) is 19.5 Å². The third kappa shape index (κ3) is 5.19. The second kappa shape index (κ2) is 8.42. The molecule has 1 aromatic carbocycles. The van der Waals surface area contributed by atoms with Gasteiger partial charge in [0, 0.05) is 13.1 Å². The number of amides is 2. The van der Waals surface area contributed by atoms with Crippen molar-refractivity contribution in [2.75, 3.05) is 13.1 Å². The molecule has 1 unspecified atom stereocenters. The second-order valence-corrected chi connectivity index (χ2v) is 5.04. The summed E-state index contributed by atoms with van der Waals surface area (Å²) in [6.07, 6.45) is 0.457. The second-order valence-electron chi connectivity index (χ2n) is 5.04. The van der Waals surface area contributed by atoms with Crippen LogP contribution in [0.4, 0.5) is 0 Å². The van der Waals surface area contributed by atoms with Gasteiger partial charge in [0.2, 0.25) is 11.8 Å². The van der Waals surface area contributed by atoms with E-state index in [1.165, 1.54) is 0 Å². The van der Waals surface area contributed by atoms with Crippen LogP contribution < -0.4 is 11.1 Å². The van der Waals surface area contributed by atoms with Crippen molar-refractivity contribution in [2.24, 2.45) is 5.73 Å². The van der Waals surface area contributed by atoms with Crippen LogP contribution in [0.1, 0.15) is 26.3 Å². The number of benzene rings is 1. The molecule has 0 aliphatic carbocycles. The van der Waals surface area contributed by atoms with E-state index in [2.05, 4.69) is 5.32 Å². The number of nitrogens with one attached hydrogen (secondary N) is 1. The Kier molecular flexibility index (Phi) is 6.88. The number of hydrogen-bond acceptors (Lipinski definition) is 3. The van der Waals surface area contributed by atoms with Crippen molar-refractivity contribution < 1.29 is 9.59 Å². The number of rotatable bonds is 7. The third-order valence-electron chi connectivity index (χ3n) is 3.44. The summed E-state index contributed by atoms with van der Waals surface area (Å²) >= 11 is 0. The number of hydrogen-bond donors (Lipinski definition) is 2. The molecule has 0 spiro atoms. The van der Waals surface area contributed by atoms with Crippen molar-refractivity contribution in [1.29, 1.82) is 0 Å². The average Bonchev–Trinajstić information content (AvgIpc) is 2.49. The summed E-state index contributed by atoms with van der Waals surface area (Å²) in [5, 5.41) is 2.69. The van der Waals surface area contributed by atoms with Crippen LogP contribution in [0.2, 0.25) is 0 Å². The number of nitrogens with two attached hydrogens (primary N) is 1. The van der Waals surface area contributed by atoms with E-state index in [1.54, 1.807) is 11.8 Å². The van der Waals surface area contributed by atoms with E-state index < -0.39 is 12.1 Å². The summed E-state index contributed by atoms with van der Waals surface area (Å²) in [6, 6.07) is 8.38. The molecule has 1 aromatic rings. The molecule has 0 saturated carbocycles. The van der Waals surface area contributed by atoms with Gasteiger partial charge >= 0.3 is 0 Å². The smallest absolute Gasteiger partial charge is 0.244 e. The lowest BCUT2D eigenvalue weighted by Crippen LogP contribution is -2.51. The maximum Gasteiger partial charge on any atom is 0.244 e. The van der Waals surface area contributed by atoms with Crippen molar-refractivity contribution in [1.82, 2.24) is 10.2 Å². The van der Waals surface area contributed by atoms with Crippen LogP contribution in [0.25, 0.3) is 0 Å². The Morgan fingerprint density at radius 3 is 2.29 bits per heavy atom. The van der Waals surface area contributed by atoms with Crippen molar-refractivity contribution in [3.8, 4) is 0 Å². The van der Waals surface area contributed by atoms with Crippen molar-refractivity contribution >= 4 is 11.8 Å². The molecule has 0 aliphatic rings. The van der Waals surface area contributed by atoms with E-state index in [1.807, 2.05) is 44.2 Å². The lowest BCUT2D eigenvalue weighted by molar-refractivity contribution is -0.135. The van der Waals surface area contributed by atoms with Crippen molar-refractivity contribution in [3.63, 3.8) is 0 Å². The monoisotopic (exact) mass is 291 g/mol. The highest BCUT2D eigenvalue weighted by molar-refractivity contribution is 5.89. The summed E-state index contributed by atoms with van der Waals surface area (Å²) < 4.78 is 0. The van der Waals surface area contributed by atoms with Gasteiger partial charge in [0.05, 0.1) is 6.04 Å². The lowest BCUT2D eigenvalue weighted by atomic mass is 10.1. The van der Waals surface area contributed by atoms with Gasteiger partial charge in [-0.2, -0.15) is 0 Å². The minimum Gasteiger partial charge on any atom is -0.343 e. The number of nitrogens with zero attached hydrogens (tertiary/aromatic N) is 1. The van der Waals surface area contributed by atoms with Crippen LogP contribution in [0.15, 0.2) is 30.3 Å². The molecule has 0 radical (unpaired) electrons. The molecule has 0 heterocycles. The van der Waals surface area contributed by atoms with Crippen LogP contribution in [0.3, 0.4) is 0 Å². The molecular formula is C16H25N3O2. The van der Waals surface area contributed by atoms with Gasteiger partial charge in [0.25, 0.3) is 0 Å². The lowest BCUT2D eigenvalue weighted by Gasteiger charge is -2.24. The van der Waals surface area contributed by atoms with E-state index >= 15 is 0 Å². The molecule has 1 rings (SSSR count). The van der Waals surface area contributed by atoms with Crippen LogP contribution in [0.5, 0.6) is 0 Å². The normalized spacial score (nSPS) is 13.3. The predicted octanol–water partition coefficient (Wildman–Crippen LogP) is 0.930. The molecule has 5 nitrogen and oxygen atoms in total. The van der Waals surface area contributed by atoms with E-state index in [4.69, 9.17) is 5.73 Å². The molecular weight excluding hydrogens is 266 g/mol. The summed E-state index contributed by atoms with van der Waals surface area (Å²) in [6.45, 7) is 6.78. The van der Waals surface area contributed by atoms with E-state index in [9.17, 15) is 9.59 Å². The van der Waals surface area contributed by atoms with Gasteiger partial charge in [-0.3, -0.25) is 9.59 Å². The van der Waals surface area contributed by atoms with Crippen LogP contribution in [-0.2, 0) is 16.0 Å². The molecule has 3 N–H and O–H groups in total. The van der Waals surface area contributed by atoms with Crippen LogP contribution in [0, 0.1) is 0 Å². The zero-order valence-corrected chi connectivity index (χ0v) is 13.0. The number of likely N-dealkylation sites (N-methyl/N-ethyl adjacent to an activating group) is 1. The first-order valence-corrected chi connectivity index (χ1v) is 7.38. The highest BCUT2D eigenvalue weighted by atomic mass is 16.2. The average molecular weight is 291 g/mol. The van der Waals surface area contributed by atoms with E-state index in [0.717, 1.165) is 5.56 Å². The Hall–Kier alpha value is -1.88. The molecule has 0 aromatic heterocycles. The summed E-state index contributed by atoms with van der Waals surface area (Å²) in [5.41, 5.74) is 6.90. The Bertz CT molecular complexity index is 458. The fourth-order valence-electron chi connectivity index (χ4n) is 2.15. The van der Waals surface area contributed by atoms with Crippen LogP contribution >= 0.6 is 0 Å².